The molecule has 0 aliphatic carbocycles. The first-order chi connectivity index (χ1) is 11.1. The van der Waals surface area contributed by atoms with Crippen molar-refractivity contribution in [2.24, 2.45) is 7.05 Å². The third-order valence-corrected chi connectivity index (χ3v) is 3.48. The van der Waals surface area contributed by atoms with Crippen LogP contribution in [0.2, 0.25) is 0 Å². The van der Waals surface area contributed by atoms with Gasteiger partial charge in [-0.3, -0.25) is 9.48 Å². The average Bonchev–Trinajstić information content (AvgIpc) is 2.95. The molecule has 1 aromatic heterocycles. The van der Waals surface area contributed by atoms with E-state index in [0.717, 1.165) is 11.1 Å². The maximum Gasteiger partial charge on any atom is 0.242 e. The van der Waals surface area contributed by atoms with Crippen molar-refractivity contribution in [3.63, 3.8) is 0 Å². The highest BCUT2D eigenvalue weighted by Crippen LogP contribution is 2.11. The summed E-state index contributed by atoms with van der Waals surface area (Å²) in [6, 6.07) is 9.48. The molecule has 2 rings (SSSR count). The molecule has 0 saturated heterocycles. The van der Waals surface area contributed by atoms with Gasteiger partial charge in [-0.05, 0) is 19.5 Å². The molecule has 0 fully saturated rings. The lowest BCUT2D eigenvalue weighted by atomic mass is 10.1. The lowest BCUT2D eigenvalue weighted by Gasteiger charge is -2.19. The Morgan fingerprint density at radius 2 is 2.09 bits per heavy atom. The summed E-state index contributed by atoms with van der Waals surface area (Å²) in [5, 5.41) is 10.1. The van der Waals surface area contributed by atoms with Gasteiger partial charge in [-0.2, -0.15) is 5.10 Å². The Kier molecular flexibility index (Phi) is 6.31. The van der Waals surface area contributed by atoms with Crippen molar-refractivity contribution < 1.29 is 9.53 Å². The zero-order valence-corrected chi connectivity index (χ0v) is 13.8. The van der Waals surface area contributed by atoms with Crippen molar-refractivity contribution in [3.8, 4) is 0 Å². The average molecular weight is 316 g/mol. The first-order valence-electron chi connectivity index (χ1n) is 7.68. The molecule has 0 aliphatic rings. The number of carbonyl (C=O) groups excluding carboxylic acids is 1. The first kappa shape index (κ1) is 17.2. The van der Waals surface area contributed by atoms with E-state index in [0.29, 0.717) is 13.2 Å². The normalized spacial score (nSPS) is 13.5. The molecular weight excluding hydrogens is 292 g/mol. The van der Waals surface area contributed by atoms with Crippen molar-refractivity contribution in [3.05, 3.63) is 53.9 Å². The Hall–Kier alpha value is -2.18. The quantitative estimate of drug-likeness (QED) is 0.772. The maximum absolute atomic E-state index is 12.4. The van der Waals surface area contributed by atoms with Gasteiger partial charge in [-0.25, -0.2) is 0 Å². The van der Waals surface area contributed by atoms with E-state index in [-0.39, 0.29) is 11.9 Å². The second-order valence-corrected chi connectivity index (χ2v) is 5.58. The number of amides is 1. The van der Waals surface area contributed by atoms with Crippen molar-refractivity contribution >= 4 is 5.91 Å². The topological polar surface area (TPSA) is 68.2 Å². The highest BCUT2D eigenvalue weighted by atomic mass is 16.5. The number of aryl methyl sites for hydroxylation is 1. The van der Waals surface area contributed by atoms with Crippen LogP contribution in [0.15, 0.2) is 42.7 Å². The van der Waals surface area contributed by atoms with Gasteiger partial charge >= 0.3 is 0 Å². The summed E-state index contributed by atoms with van der Waals surface area (Å²) in [7, 11) is 3.59. The number of hydrogen-bond donors (Lipinski definition) is 2. The minimum Gasteiger partial charge on any atom is -0.375 e. The highest BCUT2D eigenvalue weighted by Gasteiger charge is 2.21. The van der Waals surface area contributed by atoms with Gasteiger partial charge in [0.25, 0.3) is 0 Å². The number of benzene rings is 1. The van der Waals surface area contributed by atoms with Crippen molar-refractivity contribution in [1.29, 1.82) is 0 Å². The predicted molar refractivity (Wildman–Crippen MR) is 88.7 cm³/mol. The lowest BCUT2D eigenvalue weighted by Crippen LogP contribution is -2.42. The summed E-state index contributed by atoms with van der Waals surface area (Å²) in [6.45, 7) is 2.93. The SMILES string of the molecule is CNC(C(=O)NC(C)COCc1ccccc1)c1cnn(C)c1. The van der Waals surface area contributed by atoms with Gasteiger partial charge in [0.2, 0.25) is 5.91 Å². The van der Waals surface area contributed by atoms with Crippen LogP contribution in [0.4, 0.5) is 0 Å². The van der Waals surface area contributed by atoms with Gasteiger partial charge in [0.15, 0.2) is 0 Å². The molecule has 0 saturated carbocycles. The smallest absolute Gasteiger partial charge is 0.242 e. The molecule has 1 amide bonds. The molecule has 0 aliphatic heterocycles. The van der Waals surface area contributed by atoms with Crippen LogP contribution in [0.25, 0.3) is 0 Å². The Bertz CT molecular complexity index is 612. The van der Waals surface area contributed by atoms with Crippen molar-refractivity contribution in [2.45, 2.75) is 25.6 Å². The van der Waals surface area contributed by atoms with Gasteiger partial charge in [0.1, 0.15) is 6.04 Å². The molecule has 2 atom stereocenters. The molecule has 124 valence electrons. The van der Waals surface area contributed by atoms with Crippen LogP contribution in [0.3, 0.4) is 0 Å². The van der Waals surface area contributed by atoms with Crippen molar-refractivity contribution in [1.82, 2.24) is 20.4 Å². The zero-order valence-electron chi connectivity index (χ0n) is 13.8. The maximum atomic E-state index is 12.4. The molecule has 2 N–H and O–H groups in total. The van der Waals surface area contributed by atoms with E-state index in [9.17, 15) is 4.79 Å². The number of nitrogens with zero attached hydrogens (tertiary/aromatic N) is 2. The molecule has 0 spiro atoms. The number of likely N-dealkylation sites (N-methyl/N-ethyl adjacent to an activating group) is 1. The van der Waals surface area contributed by atoms with Crippen LogP contribution in [0.5, 0.6) is 0 Å². The van der Waals surface area contributed by atoms with Gasteiger partial charge < -0.3 is 15.4 Å². The molecule has 6 heteroatoms. The number of hydrogen-bond acceptors (Lipinski definition) is 4. The van der Waals surface area contributed by atoms with E-state index in [4.69, 9.17) is 4.74 Å². The second kappa shape index (κ2) is 8.45. The highest BCUT2D eigenvalue weighted by molar-refractivity contribution is 5.83. The molecule has 2 unspecified atom stereocenters. The van der Waals surface area contributed by atoms with Gasteiger partial charge in [0, 0.05) is 24.8 Å². The third kappa shape index (κ3) is 5.19. The van der Waals surface area contributed by atoms with E-state index in [1.54, 1.807) is 17.9 Å². The second-order valence-electron chi connectivity index (χ2n) is 5.58. The van der Waals surface area contributed by atoms with Crippen LogP contribution in [-0.2, 0) is 23.2 Å². The van der Waals surface area contributed by atoms with E-state index in [1.165, 1.54) is 0 Å². The Labute approximate surface area is 136 Å². The largest absolute Gasteiger partial charge is 0.375 e. The number of nitrogens with one attached hydrogen (secondary N) is 2. The minimum absolute atomic E-state index is 0.0706. The van der Waals surface area contributed by atoms with Crippen LogP contribution in [0, 0.1) is 0 Å². The number of aromatic nitrogens is 2. The molecule has 1 heterocycles. The molecular formula is C17H24N4O2. The summed E-state index contributed by atoms with van der Waals surface area (Å²) in [5.74, 6) is -0.0867. The number of carbonyl (C=O) groups is 1. The van der Waals surface area contributed by atoms with Crippen LogP contribution in [0.1, 0.15) is 24.1 Å². The van der Waals surface area contributed by atoms with E-state index in [2.05, 4.69) is 15.7 Å². The Balaban J connectivity index is 1.79. The Morgan fingerprint density at radius 1 is 1.35 bits per heavy atom. The summed E-state index contributed by atoms with van der Waals surface area (Å²) in [6.07, 6.45) is 3.52. The summed E-state index contributed by atoms with van der Waals surface area (Å²) < 4.78 is 7.33. The number of rotatable bonds is 8. The first-order valence-corrected chi connectivity index (χ1v) is 7.68. The molecule has 6 nitrogen and oxygen atoms in total. The van der Waals surface area contributed by atoms with Crippen LogP contribution in [-0.4, -0.2) is 35.4 Å². The van der Waals surface area contributed by atoms with Gasteiger partial charge in [-0.15, -0.1) is 0 Å². The fraction of sp³-hybridized carbons (Fsp3) is 0.412. The Morgan fingerprint density at radius 3 is 2.70 bits per heavy atom. The van der Waals surface area contributed by atoms with Crippen molar-refractivity contribution in [2.75, 3.05) is 13.7 Å². The minimum atomic E-state index is -0.416. The van der Waals surface area contributed by atoms with Crippen LogP contribution < -0.4 is 10.6 Å². The van der Waals surface area contributed by atoms with E-state index >= 15 is 0 Å². The molecule has 2 aromatic rings. The van der Waals surface area contributed by atoms with Gasteiger partial charge in [-0.1, -0.05) is 30.3 Å². The predicted octanol–water partition coefficient (Wildman–Crippen LogP) is 1.40. The van der Waals surface area contributed by atoms with Gasteiger partial charge in [0.05, 0.1) is 19.4 Å². The third-order valence-electron chi connectivity index (χ3n) is 3.48. The zero-order chi connectivity index (χ0) is 16.7. The molecule has 0 bridgehead atoms. The molecule has 1 aromatic carbocycles. The van der Waals surface area contributed by atoms with E-state index < -0.39 is 6.04 Å². The monoisotopic (exact) mass is 316 g/mol. The lowest BCUT2D eigenvalue weighted by molar-refractivity contribution is -0.124. The summed E-state index contributed by atoms with van der Waals surface area (Å²) in [5.41, 5.74) is 1.96. The summed E-state index contributed by atoms with van der Waals surface area (Å²) in [4.78, 5) is 12.4. The fourth-order valence-electron chi connectivity index (χ4n) is 2.33. The van der Waals surface area contributed by atoms with Crippen LogP contribution >= 0.6 is 0 Å². The van der Waals surface area contributed by atoms with E-state index in [1.807, 2.05) is 50.5 Å². The standard InChI is InChI=1S/C17H24N4O2/c1-13(11-23-12-14-7-5-4-6-8-14)20-17(22)16(18-2)15-9-19-21(3)10-15/h4-10,13,16,18H,11-12H2,1-3H3,(H,20,22). The molecule has 0 radical (unpaired) electrons. The molecule has 23 heavy (non-hydrogen) atoms. The number of ether oxygens (including phenoxy) is 1. The summed E-state index contributed by atoms with van der Waals surface area (Å²) >= 11 is 0. The fourth-order valence-corrected chi connectivity index (χ4v) is 2.33.